The molecule has 0 aliphatic rings. The lowest BCUT2D eigenvalue weighted by Gasteiger charge is -2.24. The van der Waals surface area contributed by atoms with E-state index in [9.17, 15) is 14.4 Å². The lowest BCUT2D eigenvalue weighted by atomic mass is 10.0. The Bertz CT molecular complexity index is 936. The maximum atomic E-state index is 12.5. The number of benzene rings is 2. The minimum absolute atomic E-state index is 0.179. The third-order valence-corrected chi connectivity index (χ3v) is 3.91. The van der Waals surface area contributed by atoms with Gasteiger partial charge in [0.25, 0.3) is 5.91 Å². The Morgan fingerprint density at radius 1 is 0.966 bits per heavy atom. The van der Waals surface area contributed by atoms with E-state index in [1.165, 1.54) is 13.8 Å². The van der Waals surface area contributed by atoms with E-state index in [-0.39, 0.29) is 11.7 Å². The van der Waals surface area contributed by atoms with Gasteiger partial charge in [-0.25, -0.2) is 10.2 Å². The number of ether oxygens (including phenoxy) is 1. The number of nitrogens with one attached hydrogen (secondary N) is 2. The molecule has 29 heavy (non-hydrogen) atoms. The zero-order chi connectivity index (χ0) is 21.6. The highest BCUT2D eigenvalue weighted by Gasteiger charge is 2.31. The van der Waals surface area contributed by atoms with Gasteiger partial charge < -0.3 is 16.2 Å². The van der Waals surface area contributed by atoms with Gasteiger partial charge in [0.15, 0.2) is 11.4 Å². The van der Waals surface area contributed by atoms with Crippen LogP contribution in [0.15, 0.2) is 53.6 Å². The maximum Gasteiger partial charge on any atom is 0.342 e. The van der Waals surface area contributed by atoms with Gasteiger partial charge in [-0.15, -0.1) is 5.10 Å². The number of hydrogen-bond donors (Lipinski definition) is 4. The van der Waals surface area contributed by atoms with Crippen LogP contribution in [0.25, 0.3) is 0 Å². The van der Waals surface area contributed by atoms with Crippen molar-refractivity contribution in [1.82, 2.24) is 10.7 Å². The largest absolute Gasteiger partial charge is 0.478 e. The van der Waals surface area contributed by atoms with Crippen LogP contribution >= 0.6 is 11.6 Å². The topological polar surface area (TPSA) is 149 Å². The van der Waals surface area contributed by atoms with Gasteiger partial charge in [-0.2, -0.15) is 0 Å². The average molecular weight is 418 g/mol. The van der Waals surface area contributed by atoms with Crippen molar-refractivity contribution in [1.29, 1.82) is 0 Å². The summed E-state index contributed by atoms with van der Waals surface area (Å²) in [4.78, 5) is 36.3. The molecule has 0 saturated heterocycles. The Hall–Kier alpha value is -3.59. The fraction of sp³-hybridized carbons (Fsp3) is 0.158. The van der Waals surface area contributed by atoms with Crippen LogP contribution in [0.3, 0.4) is 0 Å². The zero-order valence-electron chi connectivity index (χ0n) is 15.7. The van der Waals surface area contributed by atoms with Crippen LogP contribution in [-0.4, -0.2) is 29.3 Å². The van der Waals surface area contributed by atoms with Crippen LogP contribution in [-0.2, 0) is 4.79 Å². The number of ketones is 1. The first kappa shape index (κ1) is 21.7. The summed E-state index contributed by atoms with van der Waals surface area (Å²) in [5, 5.41) is 5.87. The molecule has 0 aromatic heterocycles. The molecule has 3 amide bonds. The van der Waals surface area contributed by atoms with E-state index in [0.29, 0.717) is 21.9 Å². The Kier molecular flexibility index (Phi) is 6.79. The highest BCUT2D eigenvalue weighted by molar-refractivity contribution is 6.30. The number of nitrogens with zero attached hydrogens (tertiary/aromatic N) is 1. The minimum atomic E-state index is -1.39. The van der Waals surface area contributed by atoms with Crippen LogP contribution < -0.4 is 26.9 Å². The molecule has 0 fully saturated rings. The van der Waals surface area contributed by atoms with Gasteiger partial charge >= 0.3 is 6.03 Å². The smallest absolute Gasteiger partial charge is 0.342 e. The molecular formula is C19H20ClN5O4. The number of hydrogen-bond acceptors (Lipinski definition) is 5. The van der Waals surface area contributed by atoms with E-state index in [0.717, 1.165) is 0 Å². The summed E-state index contributed by atoms with van der Waals surface area (Å²) < 4.78 is 5.64. The van der Waals surface area contributed by atoms with Gasteiger partial charge in [0.1, 0.15) is 5.75 Å². The summed E-state index contributed by atoms with van der Waals surface area (Å²) in [5.41, 5.74) is 11.7. The van der Waals surface area contributed by atoms with E-state index in [1.807, 2.05) is 5.43 Å². The maximum absolute atomic E-state index is 12.5. The normalized spacial score (nSPS) is 10.6. The number of rotatable bonds is 6. The molecule has 0 aliphatic carbocycles. The van der Waals surface area contributed by atoms with E-state index < -0.39 is 17.5 Å². The number of imide groups is 1. The Morgan fingerprint density at radius 2 is 1.48 bits per heavy atom. The van der Waals surface area contributed by atoms with Crippen molar-refractivity contribution in [2.45, 2.75) is 19.4 Å². The third-order valence-electron chi connectivity index (χ3n) is 3.66. The first-order chi connectivity index (χ1) is 13.6. The Morgan fingerprint density at radius 3 is 2.00 bits per heavy atom. The summed E-state index contributed by atoms with van der Waals surface area (Å²) in [7, 11) is 0. The summed E-state index contributed by atoms with van der Waals surface area (Å²) in [5.74, 6) is -0.928. The van der Waals surface area contributed by atoms with Gasteiger partial charge in [0.2, 0.25) is 5.96 Å². The quantitative estimate of drug-likeness (QED) is 0.243. The third kappa shape index (κ3) is 6.22. The number of halogens is 1. The van der Waals surface area contributed by atoms with Gasteiger partial charge in [0.05, 0.1) is 0 Å². The van der Waals surface area contributed by atoms with Crippen LogP contribution in [0.1, 0.15) is 29.8 Å². The standard InChI is InChI=1S/C19H20ClN5O4/c1-19(2,16(27)23-18(28)25-24-17(21)22)29-14-9-5-12(6-10-14)15(26)11-3-7-13(20)8-4-11/h3-10H,1-2H3,(H4,21,22,24)(H2,23,25,27,28). The van der Waals surface area contributed by atoms with E-state index in [4.69, 9.17) is 27.8 Å². The second kappa shape index (κ2) is 9.07. The van der Waals surface area contributed by atoms with Crippen LogP contribution in [0.5, 0.6) is 5.75 Å². The predicted octanol–water partition coefficient (Wildman–Crippen LogP) is 1.74. The molecule has 9 nitrogen and oxygen atoms in total. The Labute approximate surface area is 172 Å². The average Bonchev–Trinajstić information content (AvgIpc) is 2.66. The summed E-state index contributed by atoms with van der Waals surface area (Å²) in [6.45, 7) is 2.95. The highest BCUT2D eigenvalue weighted by Crippen LogP contribution is 2.21. The molecular weight excluding hydrogens is 398 g/mol. The number of hydrazone groups is 1. The number of guanidine groups is 1. The first-order valence-electron chi connectivity index (χ1n) is 8.38. The number of carbonyl (C=O) groups is 3. The zero-order valence-corrected chi connectivity index (χ0v) is 16.5. The molecule has 0 bridgehead atoms. The van der Waals surface area contributed by atoms with Crippen molar-refractivity contribution in [3.05, 3.63) is 64.7 Å². The highest BCUT2D eigenvalue weighted by atomic mass is 35.5. The van der Waals surface area contributed by atoms with Crippen LogP contribution in [0.4, 0.5) is 4.79 Å². The van der Waals surface area contributed by atoms with Crippen molar-refractivity contribution in [3.8, 4) is 5.75 Å². The SMILES string of the molecule is CC(C)(Oc1ccc(C(=O)c2ccc(Cl)cc2)cc1)C(=O)NC(=O)NN=C(N)N. The number of amides is 3. The minimum Gasteiger partial charge on any atom is -0.478 e. The van der Waals surface area contributed by atoms with Crippen LogP contribution in [0, 0.1) is 0 Å². The second-order valence-electron chi connectivity index (χ2n) is 6.40. The summed E-state index contributed by atoms with van der Waals surface area (Å²) in [6, 6.07) is 11.9. The van der Waals surface area contributed by atoms with Gasteiger partial charge in [-0.3, -0.25) is 14.9 Å². The van der Waals surface area contributed by atoms with Crippen molar-refractivity contribution in [2.24, 2.45) is 16.6 Å². The first-order valence-corrected chi connectivity index (χ1v) is 8.75. The number of urea groups is 1. The van der Waals surface area contributed by atoms with Crippen molar-refractivity contribution < 1.29 is 19.1 Å². The number of nitrogens with two attached hydrogens (primary N) is 2. The fourth-order valence-electron chi connectivity index (χ4n) is 2.18. The molecule has 6 N–H and O–H groups in total. The lowest BCUT2D eigenvalue weighted by Crippen LogP contribution is -2.51. The van der Waals surface area contributed by atoms with E-state index >= 15 is 0 Å². The molecule has 0 atom stereocenters. The van der Waals surface area contributed by atoms with E-state index in [1.54, 1.807) is 48.5 Å². The molecule has 2 aromatic rings. The van der Waals surface area contributed by atoms with Crippen LogP contribution in [0.2, 0.25) is 5.02 Å². The van der Waals surface area contributed by atoms with Gasteiger partial charge in [0, 0.05) is 16.1 Å². The molecule has 152 valence electrons. The molecule has 0 aliphatic heterocycles. The fourth-order valence-corrected chi connectivity index (χ4v) is 2.31. The molecule has 0 spiro atoms. The monoisotopic (exact) mass is 417 g/mol. The predicted molar refractivity (Wildman–Crippen MR) is 109 cm³/mol. The van der Waals surface area contributed by atoms with Crippen molar-refractivity contribution >= 4 is 35.3 Å². The molecule has 10 heteroatoms. The van der Waals surface area contributed by atoms with Gasteiger partial charge in [-0.05, 0) is 62.4 Å². The summed E-state index contributed by atoms with van der Waals surface area (Å²) in [6.07, 6.45) is 0. The van der Waals surface area contributed by atoms with Gasteiger partial charge in [-0.1, -0.05) is 11.6 Å². The molecule has 0 heterocycles. The summed E-state index contributed by atoms with van der Waals surface area (Å²) >= 11 is 5.83. The van der Waals surface area contributed by atoms with Crippen molar-refractivity contribution in [2.75, 3.05) is 0 Å². The Balaban J connectivity index is 2.02. The molecule has 0 unspecified atom stereocenters. The molecule has 0 radical (unpaired) electrons. The van der Waals surface area contributed by atoms with E-state index in [2.05, 4.69) is 10.4 Å². The molecule has 0 saturated carbocycles. The lowest BCUT2D eigenvalue weighted by molar-refractivity contribution is -0.133. The molecule has 2 rings (SSSR count). The second-order valence-corrected chi connectivity index (χ2v) is 6.84. The van der Waals surface area contributed by atoms with Crippen molar-refractivity contribution in [3.63, 3.8) is 0 Å². The molecule has 2 aromatic carbocycles. The number of carbonyl (C=O) groups excluding carboxylic acids is 3.